The predicted octanol–water partition coefficient (Wildman–Crippen LogP) is 4.18. The maximum atomic E-state index is 5.65. The second-order valence-corrected chi connectivity index (χ2v) is 7.23. The van der Waals surface area contributed by atoms with Crippen LogP contribution in [0.1, 0.15) is 36.1 Å². The van der Waals surface area contributed by atoms with Gasteiger partial charge in [-0.05, 0) is 74.6 Å². The first-order valence-electron chi connectivity index (χ1n) is 9.44. The Bertz CT molecular complexity index is 968. The maximum Gasteiger partial charge on any atom is 0.170 e. The molecule has 3 aromatic rings. The average molecular weight is 393 g/mol. The zero-order valence-electron chi connectivity index (χ0n) is 16.3. The number of hydrogen-bond donors (Lipinski definition) is 1. The molecule has 0 spiro atoms. The molecular weight excluding hydrogens is 368 g/mol. The van der Waals surface area contributed by atoms with Gasteiger partial charge in [-0.15, -0.1) is 0 Å². The van der Waals surface area contributed by atoms with Gasteiger partial charge in [0.2, 0.25) is 0 Å². The first-order valence-corrected chi connectivity index (χ1v) is 9.85. The summed E-state index contributed by atoms with van der Waals surface area (Å²) in [6, 6.07) is 18.6. The fourth-order valence-electron chi connectivity index (χ4n) is 3.94. The van der Waals surface area contributed by atoms with Crippen molar-refractivity contribution in [2.24, 2.45) is 0 Å². The van der Waals surface area contributed by atoms with E-state index in [1.54, 1.807) is 7.11 Å². The topological polar surface area (TPSA) is 42.3 Å². The van der Waals surface area contributed by atoms with Crippen LogP contribution < -0.4 is 10.1 Å². The maximum absolute atomic E-state index is 5.65. The van der Waals surface area contributed by atoms with Crippen molar-refractivity contribution in [3.63, 3.8) is 0 Å². The van der Waals surface area contributed by atoms with E-state index in [4.69, 9.17) is 17.0 Å². The Kier molecular flexibility index (Phi) is 5.05. The van der Waals surface area contributed by atoms with Gasteiger partial charge in [0, 0.05) is 29.8 Å². The number of ether oxygens (including phenoxy) is 1. The summed E-state index contributed by atoms with van der Waals surface area (Å²) < 4.78 is 7.61. The number of benzene rings is 1. The van der Waals surface area contributed by atoms with Crippen LogP contribution in [0.15, 0.2) is 60.8 Å². The molecule has 1 aromatic carbocycles. The Morgan fingerprint density at radius 3 is 2.54 bits per heavy atom. The van der Waals surface area contributed by atoms with Gasteiger partial charge < -0.3 is 19.5 Å². The zero-order valence-corrected chi connectivity index (χ0v) is 17.1. The molecule has 0 bridgehead atoms. The Balaban J connectivity index is 1.82. The van der Waals surface area contributed by atoms with E-state index in [1.807, 2.05) is 30.5 Å². The highest BCUT2D eigenvalue weighted by atomic mass is 32.1. The lowest BCUT2D eigenvalue weighted by atomic mass is 10.0. The SMILES string of the molecule is CCN1C(=S)N[C@@H](c2ccccn2)[C@H]1c1ccc(C)n1-c1ccc(OC)cc1. The van der Waals surface area contributed by atoms with Crippen molar-refractivity contribution >= 4 is 17.3 Å². The Hall–Kier alpha value is -2.86. The first-order chi connectivity index (χ1) is 13.6. The number of aromatic nitrogens is 2. The molecule has 0 unspecified atom stereocenters. The summed E-state index contributed by atoms with van der Waals surface area (Å²) in [5, 5.41) is 4.25. The van der Waals surface area contributed by atoms with Crippen LogP contribution in [0.25, 0.3) is 5.69 Å². The van der Waals surface area contributed by atoms with E-state index in [9.17, 15) is 0 Å². The van der Waals surface area contributed by atoms with E-state index < -0.39 is 0 Å². The van der Waals surface area contributed by atoms with Crippen LogP contribution in [0.2, 0.25) is 0 Å². The van der Waals surface area contributed by atoms with E-state index in [2.05, 4.69) is 63.9 Å². The summed E-state index contributed by atoms with van der Waals surface area (Å²) in [5.41, 5.74) is 4.46. The van der Waals surface area contributed by atoms with Gasteiger partial charge in [-0.1, -0.05) is 6.07 Å². The van der Waals surface area contributed by atoms with Crippen LogP contribution in [0.4, 0.5) is 0 Å². The smallest absolute Gasteiger partial charge is 0.170 e. The number of pyridine rings is 1. The van der Waals surface area contributed by atoms with Crippen molar-refractivity contribution < 1.29 is 4.74 Å². The third kappa shape index (κ3) is 3.14. The largest absolute Gasteiger partial charge is 0.497 e. The van der Waals surface area contributed by atoms with Crippen LogP contribution in [0.5, 0.6) is 5.75 Å². The Morgan fingerprint density at radius 2 is 1.89 bits per heavy atom. The Labute approximate surface area is 171 Å². The summed E-state index contributed by atoms with van der Waals surface area (Å²) in [6.45, 7) is 5.09. The van der Waals surface area contributed by atoms with E-state index in [0.717, 1.165) is 28.8 Å². The molecular formula is C22H24N4OS. The van der Waals surface area contributed by atoms with E-state index >= 15 is 0 Å². The molecule has 1 aliphatic rings. The number of nitrogens with zero attached hydrogens (tertiary/aromatic N) is 3. The molecule has 3 heterocycles. The molecule has 1 fully saturated rings. The van der Waals surface area contributed by atoms with E-state index in [1.165, 1.54) is 11.4 Å². The molecule has 0 radical (unpaired) electrons. The highest BCUT2D eigenvalue weighted by Gasteiger charge is 2.40. The van der Waals surface area contributed by atoms with Crippen molar-refractivity contribution in [1.82, 2.24) is 19.8 Å². The molecule has 1 saturated heterocycles. The van der Waals surface area contributed by atoms with Crippen LogP contribution in [0, 0.1) is 6.92 Å². The molecule has 2 atom stereocenters. The number of thiocarbonyl (C=S) groups is 1. The van der Waals surface area contributed by atoms with Crippen molar-refractivity contribution in [2.75, 3.05) is 13.7 Å². The summed E-state index contributed by atoms with van der Waals surface area (Å²) in [5.74, 6) is 0.848. The van der Waals surface area contributed by atoms with Gasteiger partial charge in [0.05, 0.1) is 24.9 Å². The lowest BCUT2D eigenvalue weighted by Gasteiger charge is -2.28. The van der Waals surface area contributed by atoms with Crippen LogP contribution in [-0.2, 0) is 0 Å². The van der Waals surface area contributed by atoms with E-state index in [0.29, 0.717) is 0 Å². The van der Waals surface area contributed by atoms with Gasteiger partial charge in [0.25, 0.3) is 0 Å². The minimum atomic E-state index is -0.0000478. The second kappa shape index (κ2) is 7.64. The lowest BCUT2D eigenvalue weighted by Crippen LogP contribution is -2.30. The van der Waals surface area contributed by atoms with Gasteiger partial charge in [0.15, 0.2) is 5.11 Å². The Morgan fingerprint density at radius 1 is 1.11 bits per heavy atom. The molecule has 0 saturated carbocycles. The molecule has 144 valence electrons. The molecule has 4 rings (SSSR count). The molecule has 28 heavy (non-hydrogen) atoms. The van der Waals surface area contributed by atoms with Gasteiger partial charge in [-0.2, -0.15) is 0 Å². The molecule has 2 aromatic heterocycles. The fourth-order valence-corrected chi connectivity index (χ4v) is 4.31. The third-order valence-corrected chi connectivity index (χ3v) is 5.63. The number of likely N-dealkylation sites (N-methyl/N-ethyl adjacent to an activating group) is 1. The first kappa shape index (κ1) is 18.5. The van der Waals surface area contributed by atoms with Gasteiger partial charge in [-0.25, -0.2) is 0 Å². The predicted molar refractivity (Wildman–Crippen MR) is 115 cm³/mol. The molecule has 0 aliphatic carbocycles. The number of aryl methyl sites for hydroxylation is 1. The normalized spacial score (nSPS) is 19.0. The summed E-state index contributed by atoms with van der Waals surface area (Å²) in [6.07, 6.45) is 1.83. The number of rotatable bonds is 5. The molecule has 0 amide bonds. The van der Waals surface area contributed by atoms with Crippen LogP contribution in [0.3, 0.4) is 0 Å². The number of nitrogens with one attached hydrogen (secondary N) is 1. The van der Waals surface area contributed by atoms with Crippen molar-refractivity contribution in [2.45, 2.75) is 25.9 Å². The highest BCUT2D eigenvalue weighted by Crippen LogP contribution is 2.40. The lowest BCUT2D eigenvalue weighted by molar-refractivity contribution is 0.320. The van der Waals surface area contributed by atoms with Gasteiger partial charge in [0.1, 0.15) is 5.75 Å². The summed E-state index contributed by atoms with van der Waals surface area (Å²) >= 11 is 5.65. The summed E-state index contributed by atoms with van der Waals surface area (Å²) in [7, 11) is 1.68. The monoisotopic (exact) mass is 392 g/mol. The number of methoxy groups -OCH3 is 1. The minimum Gasteiger partial charge on any atom is -0.497 e. The fraction of sp³-hybridized carbons (Fsp3) is 0.273. The third-order valence-electron chi connectivity index (χ3n) is 5.28. The molecule has 1 aliphatic heterocycles. The quantitative estimate of drug-likeness (QED) is 0.660. The van der Waals surface area contributed by atoms with Crippen molar-refractivity contribution in [1.29, 1.82) is 0 Å². The van der Waals surface area contributed by atoms with Gasteiger partial charge >= 0.3 is 0 Å². The molecule has 1 N–H and O–H groups in total. The van der Waals surface area contributed by atoms with Crippen LogP contribution >= 0.6 is 12.2 Å². The van der Waals surface area contributed by atoms with Crippen LogP contribution in [-0.4, -0.2) is 33.2 Å². The number of hydrogen-bond acceptors (Lipinski definition) is 3. The molecule has 6 heteroatoms. The van der Waals surface area contributed by atoms with Crippen molar-refractivity contribution in [3.8, 4) is 11.4 Å². The molecule has 5 nitrogen and oxygen atoms in total. The van der Waals surface area contributed by atoms with Crippen molar-refractivity contribution in [3.05, 3.63) is 77.9 Å². The minimum absolute atomic E-state index is 0.0000478. The highest BCUT2D eigenvalue weighted by molar-refractivity contribution is 7.80. The average Bonchev–Trinajstić information content (AvgIpc) is 3.27. The zero-order chi connectivity index (χ0) is 19.7. The summed E-state index contributed by atoms with van der Waals surface area (Å²) in [4.78, 5) is 6.84. The van der Waals surface area contributed by atoms with E-state index in [-0.39, 0.29) is 12.1 Å². The second-order valence-electron chi connectivity index (χ2n) is 6.85. The standard InChI is InChI=1S/C22H24N4OS/c1-4-25-21(20(24-22(25)28)18-7-5-6-14-23-18)19-13-8-15(2)26(19)16-9-11-17(27-3)12-10-16/h5-14,20-21H,4H2,1-3H3,(H,24,28)/t20-,21+/m0/s1. The van der Waals surface area contributed by atoms with Gasteiger partial charge in [-0.3, -0.25) is 4.98 Å².